The average Bonchev–Trinajstić information content (AvgIpc) is 2.96. The summed E-state index contributed by atoms with van der Waals surface area (Å²) >= 11 is 3.53. The molecule has 0 saturated heterocycles. The Hall–Kier alpha value is -1.92. The fourth-order valence-electron chi connectivity index (χ4n) is 4.32. The number of aliphatic hydroxyl groups excluding tert-OH is 1. The number of rotatable bonds is 6. The molecule has 0 aromatic heterocycles. The van der Waals surface area contributed by atoms with Crippen LogP contribution in [0.25, 0.3) is 10.8 Å². The Morgan fingerprint density at radius 2 is 1.72 bits per heavy atom. The Morgan fingerprint density at radius 1 is 1.00 bits per heavy atom. The van der Waals surface area contributed by atoms with E-state index in [2.05, 4.69) is 40.7 Å². The summed E-state index contributed by atoms with van der Waals surface area (Å²) in [4.78, 5) is 4.24. The molecule has 3 aromatic rings. The number of nitrogens with zero attached hydrogens (tertiary/aromatic N) is 2. The number of aliphatic hydroxyl groups is 2. The van der Waals surface area contributed by atoms with Gasteiger partial charge in [-0.05, 0) is 53.7 Å². The quantitative estimate of drug-likeness (QED) is 0.582. The van der Waals surface area contributed by atoms with Crippen LogP contribution < -0.4 is 4.90 Å². The molecule has 4 nitrogen and oxygen atoms in total. The minimum Gasteiger partial charge on any atom is -0.376 e. The first-order chi connectivity index (χ1) is 14.0. The third-order valence-electron chi connectivity index (χ3n) is 6.09. The van der Waals surface area contributed by atoms with Crippen LogP contribution in [0.5, 0.6) is 0 Å². The molecule has 0 aliphatic carbocycles. The number of hydrogen-bond donors (Lipinski definition) is 2. The van der Waals surface area contributed by atoms with Gasteiger partial charge in [0.15, 0.2) is 11.8 Å². The molecule has 0 spiro atoms. The fourth-order valence-corrected chi connectivity index (χ4v) is 4.68. The molecule has 0 bridgehead atoms. The van der Waals surface area contributed by atoms with Crippen molar-refractivity contribution in [2.45, 2.75) is 25.7 Å². The van der Waals surface area contributed by atoms with Gasteiger partial charge in [-0.2, -0.15) is 0 Å². The summed E-state index contributed by atoms with van der Waals surface area (Å²) in [5.74, 6) is 0. The van der Waals surface area contributed by atoms with Gasteiger partial charge in [-0.25, -0.2) is 0 Å². The van der Waals surface area contributed by atoms with Crippen molar-refractivity contribution in [1.29, 1.82) is 0 Å². The van der Waals surface area contributed by atoms with Crippen LogP contribution in [0.2, 0.25) is 0 Å². The second kappa shape index (κ2) is 8.07. The van der Waals surface area contributed by atoms with Gasteiger partial charge in [-0.15, -0.1) is 0 Å². The molecule has 1 aliphatic heterocycles. The molecule has 1 aliphatic rings. The molecule has 2 atom stereocenters. The van der Waals surface area contributed by atoms with Crippen LogP contribution >= 0.6 is 15.9 Å². The van der Waals surface area contributed by atoms with Crippen LogP contribution in [0, 0.1) is 0 Å². The molecule has 5 heteroatoms. The van der Waals surface area contributed by atoms with Crippen LogP contribution in [-0.4, -0.2) is 47.5 Å². The lowest BCUT2D eigenvalue weighted by Gasteiger charge is -2.33. The van der Waals surface area contributed by atoms with Crippen LogP contribution in [0.3, 0.4) is 0 Å². The lowest BCUT2D eigenvalue weighted by molar-refractivity contribution is -0.0387. The molecular weight excluding hydrogens is 428 g/mol. The van der Waals surface area contributed by atoms with Gasteiger partial charge in [0.1, 0.15) is 0 Å². The average molecular weight is 455 g/mol. The molecule has 0 saturated carbocycles. The first-order valence-corrected chi connectivity index (χ1v) is 11.0. The highest BCUT2D eigenvalue weighted by molar-refractivity contribution is 9.10. The molecule has 152 valence electrons. The first kappa shape index (κ1) is 20.4. The van der Waals surface area contributed by atoms with E-state index in [0.717, 1.165) is 46.1 Å². The highest BCUT2D eigenvalue weighted by Crippen LogP contribution is 2.48. The van der Waals surface area contributed by atoms with Crippen LogP contribution in [0.4, 0.5) is 5.69 Å². The molecule has 1 heterocycles. The summed E-state index contributed by atoms with van der Waals surface area (Å²) in [6.07, 6.45) is -1.05. The Labute approximate surface area is 180 Å². The third-order valence-corrected chi connectivity index (χ3v) is 6.58. The number of fused-ring (bicyclic) bond motifs is 2. The van der Waals surface area contributed by atoms with Crippen molar-refractivity contribution < 1.29 is 10.2 Å². The summed E-state index contributed by atoms with van der Waals surface area (Å²) in [6.45, 7) is 7.67. The summed E-state index contributed by atoms with van der Waals surface area (Å²) in [5, 5.41) is 25.4. The van der Waals surface area contributed by atoms with Crippen LogP contribution in [-0.2, 0) is 5.60 Å². The minimum atomic E-state index is -1.49. The van der Waals surface area contributed by atoms with Crippen molar-refractivity contribution in [3.05, 3.63) is 76.3 Å². The lowest BCUT2D eigenvalue weighted by atomic mass is 9.86. The van der Waals surface area contributed by atoms with Crippen molar-refractivity contribution in [3.8, 4) is 0 Å². The zero-order chi connectivity index (χ0) is 20.6. The molecule has 0 radical (unpaired) electrons. The SMILES string of the molecule is CCN(CC)CCN1c2ccc(Br)cc2C(O)(c2ccc3ccccc3c2)C1O. The molecule has 3 aromatic carbocycles. The Kier molecular flexibility index (Phi) is 5.67. The lowest BCUT2D eigenvalue weighted by Crippen LogP contribution is -2.47. The van der Waals surface area contributed by atoms with Gasteiger partial charge in [0.25, 0.3) is 0 Å². The number of likely N-dealkylation sites (N-methyl/N-ethyl adjacent to an activating group) is 1. The molecule has 0 amide bonds. The number of benzene rings is 3. The van der Waals surface area contributed by atoms with E-state index in [1.165, 1.54) is 0 Å². The van der Waals surface area contributed by atoms with Crippen LogP contribution in [0.1, 0.15) is 25.0 Å². The monoisotopic (exact) mass is 454 g/mol. The minimum absolute atomic E-state index is 0.646. The number of halogens is 1. The van der Waals surface area contributed by atoms with Gasteiger partial charge in [0.2, 0.25) is 0 Å². The fraction of sp³-hybridized carbons (Fsp3) is 0.333. The second-order valence-electron chi connectivity index (χ2n) is 7.58. The Bertz CT molecular complexity index is 1020. The van der Waals surface area contributed by atoms with E-state index in [1.54, 1.807) is 0 Å². The zero-order valence-corrected chi connectivity index (χ0v) is 18.4. The molecule has 2 N–H and O–H groups in total. The van der Waals surface area contributed by atoms with E-state index in [0.29, 0.717) is 12.1 Å². The molecular formula is C24H27BrN2O2. The van der Waals surface area contributed by atoms with E-state index in [-0.39, 0.29) is 0 Å². The van der Waals surface area contributed by atoms with E-state index >= 15 is 0 Å². The van der Waals surface area contributed by atoms with Gasteiger partial charge < -0.3 is 20.0 Å². The normalized spacial score (nSPS) is 21.2. The van der Waals surface area contributed by atoms with Crippen molar-refractivity contribution in [2.75, 3.05) is 31.1 Å². The second-order valence-corrected chi connectivity index (χ2v) is 8.50. The summed E-state index contributed by atoms with van der Waals surface area (Å²) in [7, 11) is 0. The van der Waals surface area contributed by atoms with Crippen molar-refractivity contribution in [1.82, 2.24) is 4.90 Å². The molecule has 4 rings (SSSR count). The van der Waals surface area contributed by atoms with Gasteiger partial charge in [0.05, 0.1) is 0 Å². The molecule has 2 unspecified atom stereocenters. The third kappa shape index (κ3) is 3.46. The summed E-state index contributed by atoms with van der Waals surface area (Å²) in [6, 6.07) is 19.8. The highest BCUT2D eigenvalue weighted by Gasteiger charge is 2.50. The molecule has 29 heavy (non-hydrogen) atoms. The largest absolute Gasteiger partial charge is 0.376 e. The van der Waals surface area contributed by atoms with Gasteiger partial charge in [0, 0.05) is 28.8 Å². The van der Waals surface area contributed by atoms with Crippen molar-refractivity contribution in [3.63, 3.8) is 0 Å². The highest BCUT2D eigenvalue weighted by atomic mass is 79.9. The van der Waals surface area contributed by atoms with Crippen molar-refractivity contribution in [2.24, 2.45) is 0 Å². The Balaban J connectivity index is 1.78. The maximum atomic E-state index is 11.9. The maximum absolute atomic E-state index is 11.9. The van der Waals surface area contributed by atoms with Gasteiger partial charge in [-0.3, -0.25) is 0 Å². The Morgan fingerprint density at radius 3 is 2.45 bits per heavy atom. The number of hydrogen-bond acceptors (Lipinski definition) is 4. The van der Waals surface area contributed by atoms with Gasteiger partial charge in [-0.1, -0.05) is 66.2 Å². The number of anilines is 1. The van der Waals surface area contributed by atoms with E-state index < -0.39 is 11.8 Å². The zero-order valence-electron chi connectivity index (χ0n) is 16.8. The first-order valence-electron chi connectivity index (χ1n) is 10.2. The van der Waals surface area contributed by atoms with E-state index in [9.17, 15) is 10.2 Å². The standard InChI is InChI=1S/C24H27BrN2O2/c1-3-26(4-2)13-14-27-22-12-11-20(25)16-21(22)24(29,23(27)28)19-10-9-17-7-5-6-8-18(17)15-19/h5-12,15-16,23,28-29H,3-4,13-14H2,1-2H3. The van der Waals surface area contributed by atoms with Crippen LogP contribution in [0.15, 0.2) is 65.1 Å². The van der Waals surface area contributed by atoms with Gasteiger partial charge >= 0.3 is 0 Å². The van der Waals surface area contributed by atoms with Crippen molar-refractivity contribution >= 4 is 32.4 Å². The topological polar surface area (TPSA) is 46.9 Å². The predicted octanol–water partition coefficient (Wildman–Crippen LogP) is 4.32. The summed E-state index contributed by atoms with van der Waals surface area (Å²) in [5.41, 5.74) is 0.818. The summed E-state index contributed by atoms with van der Waals surface area (Å²) < 4.78 is 0.883. The van der Waals surface area contributed by atoms with E-state index in [4.69, 9.17) is 0 Å². The molecule has 0 fully saturated rings. The van der Waals surface area contributed by atoms with E-state index in [1.807, 2.05) is 59.5 Å². The predicted molar refractivity (Wildman–Crippen MR) is 122 cm³/mol. The maximum Gasteiger partial charge on any atom is 0.164 e. The smallest absolute Gasteiger partial charge is 0.164 e.